The largest absolute Gasteiger partial charge is 0.348 e. The Bertz CT molecular complexity index is 829. The third-order valence-corrected chi connectivity index (χ3v) is 5.85. The molecule has 1 saturated heterocycles. The van der Waals surface area contributed by atoms with Gasteiger partial charge in [0.2, 0.25) is 0 Å². The van der Waals surface area contributed by atoms with Gasteiger partial charge in [0, 0.05) is 6.54 Å². The number of nitrogens with one attached hydrogen (secondary N) is 1. The molecule has 0 bridgehead atoms. The first-order chi connectivity index (χ1) is 12.5. The van der Waals surface area contributed by atoms with Crippen LogP contribution in [-0.4, -0.2) is 55.5 Å². The number of hydrogen-bond acceptors (Lipinski definition) is 7. The average Bonchev–Trinajstić information content (AvgIpc) is 3.31. The number of amides is 1. The van der Waals surface area contributed by atoms with Crippen LogP contribution in [0.1, 0.15) is 35.8 Å². The zero-order chi connectivity index (χ0) is 18.4. The topological polar surface area (TPSA) is 105 Å². The van der Waals surface area contributed by atoms with Crippen molar-refractivity contribution in [2.45, 2.75) is 29.9 Å². The van der Waals surface area contributed by atoms with Gasteiger partial charge in [-0.3, -0.25) is 4.79 Å². The van der Waals surface area contributed by atoms with Gasteiger partial charge in [-0.15, -0.1) is 0 Å². The zero-order valence-corrected chi connectivity index (χ0v) is 15.2. The summed E-state index contributed by atoms with van der Waals surface area (Å²) in [4.78, 5) is 18.5. The van der Waals surface area contributed by atoms with E-state index in [1.165, 1.54) is 25.0 Å². The fourth-order valence-electron chi connectivity index (χ4n) is 2.87. The first-order valence-corrected chi connectivity index (χ1v) is 10.3. The summed E-state index contributed by atoms with van der Waals surface area (Å²) in [6, 6.07) is 8.03. The van der Waals surface area contributed by atoms with Gasteiger partial charge >= 0.3 is 11.8 Å². The number of carbonyl (C=O) groups is 1. The van der Waals surface area contributed by atoms with Crippen molar-refractivity contribution in [2.75, 3.05) is 26.2 Å². The van der Waals surface area contributed by atoms with Crippen molar-refractivity contribution in [1.29, 1.82) is 0 Å². The standard InChI is InChI=1S/C17H22N4O4S/c22-16(18-9-6-12-21-10-4-5-11-21)17-19-15(20-25-17)13-26(23,24)14-7-2-1-3-8-14/h1-3,7-8H,4-6,9-13H2,(H,18,22). The van der Waals surface area contributed by atoms with Crippen LogP contribution in [-0.2, 0) is 15.6 Å². The van der Waals surface area contributed by atoms with Crippen molar-refractivity contribution in [3.05, 3.63) is 42.0 Å². The minimum Gasteiger partial charge on any atom is -0.348 e. The highest BCUT2D eigenvalue weighted by atomic mass is 32.2. The summed E-state index contributed by atoms with van der Waals surface area (Å²) < 4.78 is 29.5. The molecule has 1 aliphatic rings. The number of hydrogen-bond donors (Lipinski definition) is 1. The lowest BCUT2D eigenvalue weighted by atomic mass is 10.4. The summed E-state index contributed by atoms with van der Waals surface area (Å²) in [5, 5.41) is 6.32. The van der Waals surface area contributed by atoms with E-state index in [4.69, 9.17) is 4.52 Å². The molecule has 1 fully saturated rings. The van der Waals surface area contributed by atoms with E-state index in [0.29, 0.717) is 6.54 Å². The van der Waals surface area contributed by atoms with Crippen molar-refractivity contribution < 1.29 is 17.7 Å². The second-order valence-electron chi connectivity index (χ2n) is 6.25. The molecule has 2 heterocycles. The monoisotopic (exact) mass is 378 g/mol. The zero-order valence-electron chi connectivity index (χ0n) is 14.4. The van der Waals surface area contributed by atoms with Crippen molar-refractivity contribution in [3.8, 4) is 0 Å². The number of rotatable bonds is 8. The number of aromatic nitrogens is 2. The molecule has 26 heavy (non-hydrogen) atoms. The Hall–Kier alpha value is -2.26. The van der Waals surface area contributed by atoms with Crippen molar-refractivity contribution in [1.82, 2.24) is 20.4 Å². The fraction of sp³-hybridized carbons (Fsp3) is 0.471. The SMILES string of the molecule is O=C(NCCCN1CCCC1)c1nc(CS(=O)(=O)c2ccccc2)no1. The Morgan fingerprint density at radius 2 is 1.92 bits per heavy atom. The molecule has 0 unspecified atom stereocenters. The predicted octanol–water partition coefficient (Wildman–Crippen LogP) is 1.26. The van der Waals surface area contributed by atoms with E-state index in [9.17, 15) is 13.2 Å². The third-order valence-electron chi connectivity index (χ3n) is 4.22. The molecule has 9 heteroatoms. The molecule has 1 aromatic heterocycles. The highest BCUT2D eigenvalue weighted by Gasteiger charge is 2.21. The van der Waals surface area contributed by atoms with Crippen LogP contribution in [0.5, 0.6) is 0 Å². The Labute approximate surface area is 152 Å². The van der Waals surface area contributed by atoms with Crippen molar-refractivity contribution in [2.24, 2.45) is 0 Å². The quantitative estimate of drug-likeness (QED) is 0.689. The summed E-state index contributed by atoms with van der Waals surface area (Å²) in [6.45, 7) is 3.70. The van der Waals surface area contributed by atoms with E-state index < -0.39 is 21.5 Å². The molecule has 0 aliphatic carbocycles. The lowest BCUT2D eigenvalue weighted by molar-refractivity contribution is 0.0908. The number of carbonyl (C=O) groups excluding carboxylic acids is 1. The molecule has 8 nitrogen and oxygen atoms in total. The van der Waals surface area contributed by atoms with Gasteiger partial charge in [-0.2, -0.15) is 4.98 Å². The summed E-state index contributed by atoms with van der Waals surface area (Å²) in [6.07, 6.45) is 3.32. The highest BCUT2D eigenvalue weighted by molar-refractivity contribution is 7.90. The van der Waals surface area contributed by atoms with Gasteiger partial charge < -0.3 is 14.7 Å². The van der Waals surface area contributed by atoms with E-state index in [-0.39, 0.29) is 16.6 Å². The molecular weight excluding hydrogens is 356 g/mol. The van der Waals surface area contributed by atoms with Crippen molar-refractivity contribution in [3.63, 3.8) is 0 Å². The van der Waals surface area contributed by atoms with E-state index in [2.05, 4.69) is 20.4 Å². The highest BCUT2D eigenvalue weighted by Crippen LogP contribution is 2.14. The van der Waals surface area contributed by atoms with Crippen LogP contribution in [0.25, 0.3) is 0 Å². The number of sulfone groups is 1. The molecule has 1 amide bonds. The maximum absolute atomic E-state index is 12.3. The molecule has 3 rings (SSSR count). The van der Waals surface area contributed by atoms with Gasteiger partial charge in [0.15, 0.2) is 15.7 Å². The molecule has 2 aromatic rings. The van der Waals surface area contributed by atoms with Crippen LogP contribution in [0, 0.1) is 0 Å². The molecule has 1 N–H and O–H groups in total. The smallest absolute Gasteiger partial charge is 0.315 e. The second-order valence-corrected chi connectivity index (χ2v) is 8.24. The van der Waals surface area contributed by atoms with E-state index in [0.717, 1.165) is 26.1 Å². The second kappa shape index (κ2) is 8.41. The molecule has 0 radical (unpaired) electrons. The Morgan fingerprint density at radius 3 is 2.65 bits per heavy atom. The Balaban J connectivity index is 1.49. The molecule has 0 spiro atoms. The number of nitrogens with zero attached hydrogens (tertiary/aromatic N) is 3. The summed E-state index contributed by atoms with van der Waals surface area (Å²) in [5.41, 5.74) is 0. The van der Waals surface area contributed by atoms with E-state index in [1.807, 2.05) is 0 Å². The molecule has 140 valence electrons. The lowest BCUT2D eigenvalue weighted by Crippen LogP contribution is -2.28. The summed E-state index contributed by atoms with van der Waals surface area (Å²) in [7, 11) is -3.58. The third kappa shape index (κ3) is 4.89. The Kier molecular flexibility index (Phi) is 6.00. The van der Waals surface area contributed by atoms with Gasteiger partial charge in [0.1, 0.15) is 5.75 Å². The molecule has 1 aliphatic heterocycles. The molecule has 0 atom stereocenters. The average molecular weight is 378 g/mol. The molecular formula is C17H22N4O4S. The fourth-order valence-corrected chi connectivity index (χ4v) is 4.07. The van der Waals surface area contributed by atoms with E-state index in [1.54, 1.807) is 18.2 Å². The first-order valence-electron chi connectivity index (χ1n) is 8.65. The lowest BCUT2D eigenvalue weighted by Gasteiger charge is -2.13. The molecule has 1 aromatic carbocycles. The maximum atomic E-state index is 12.3. The van der Waals surface area contributed by atoms with Crippen LogP contribution in [0.3, 0.4) is 0 Å². The van der Waals surface area contributed by atoms with Gasteiger partial charge in [0.25, 0.3) is 0 Å². The van der Waals surface area contributed by atoms with Gasteiger partial charge in [0.05, 0.1) is 4.90 Å². The normalized spacial score (nSPS) is 15.2. The van der Waals surface area contributed by atoms with Crippen LogP contribution >= 0.6 is 0 Å². The van der Waals surface area contributed by atoms with E-state index >= 15 is 0 Å². The van der Waals surface area contributed by atoms with Crippen molar-refractivity contribution >= 4 is 15.7 Å². The molecule has 0 saturated carbocycles. The minimum atomic E-state index is -3.58. The Morgan fingerprint density at radius 1 is 1.19 bits per heavy atom. The first kappa shape index (κ1) is 18.5. The van der Waals surface area contributed by atoms with Crippen LogP contribution in [0.2, 0.25) is 0 Å². The maximum Gasteiger partial charge on any atom is 0.315 e. The van der Waals surface area contributed by atoms with Gasteiger partial charge in [-0.05, 0) is 51.0 Å². The van der Waals surface area contributed by atoms with Gasteiger partial charge in [-0.1, -0.05) is 23.4 Å². The van der Waals surface area contributed by atoms with Crippen LogP contribution in [0.15, 0.2) is 39.8 Å². The number of benzene rings is 1. The summed E-state index contributed by atoms with van der Waals surface area (Å²) in [5.74, 6) is -1.15. The number of likely N-dealkylation sites (tertiary alicyclic amines) is 1. The summed E-state index contributed by atoms with van der Waals surface area (Å²) >= 11 is 0. The minimum absolute atomic E-state index is 0.0314. The van der Waals surface area contributed by atoms with Crippen LogP contribution in [0.4, 0.5) is 0 Å². The van der Waals surface area contributed by atoms with Crippen LogP contribution < -0.4 is 5.32 Å². The predicted molar refractivity (Wildman–Crippen MR) is 94.3 cm³/mol. The van der Waals surface area contributed by atoms with Gasteiger partial charge in [-0.25, -0.2) is 8.42 Å².